The summed E-state index contributed by atoms with van der Waals surface area (Å²) < 4.78 is 23.4. The van der Waals surface area contributed by atoms with E-state index >= 15 is 0 Å². The number of nitrogens with two attached hydrogens (primary N) is 2. The lowest BCUT2D eigenvalue weighted by Gasteiger charge is -2.20. The van der Waals surface area contributed by atoms with Crippen molar-refractivity contribution < 1.29 is 9.11 Å². The van der Waals surface area contributed by atoms with Gasteiger partial charge in [-0.2, -0.15) is 0 Å². The van der Waals surface area contributed by atoms with Crippen molar-refractivity contribution in [2.24, 2.45) is 11.5 Å². The Morgan fingerprint density at radius 2 is 1.47 bits per heavy atom. The Kier molecular flexibility index (Phi) is 5.78. The second-order valence-corrected chi connectivity index (χ2v) is 6.44. The average Bonchev–Trinajstić information content (AvgIpc) is 2.30. The van der Waals surface area contributed by atoms with Crippen LogP contribution in [-0.2, 0) is 22.4 Å². The average molecular weight is 274 g/mol. The number of hydrogen-bond donors (Lipinski definition) is 2. The monoisotopic (exact) mass is 274 g/mol. The van der Waals surface area contributed by atoms with Gasteiger partial charge in [0.05, 0.1) is 5.56 Å². The Hall–Kier alpha value is -0.240. The van der Waals surface area contributed by atoms with Crippen LogP contribution in [0, 0.1) is 0 Å². The molecular weight excluding hydrogens is 256 g/mol. The molecule has 2 atom stereocenters. The Labute approximate surface area is 108 Å². The largest absolute Gasteiger partial charge is 0.612 e. The molecule has 0 bridgehead atoms. The predicted octanol–water partition coefficient (Wildman–Crippen LogP) is 0.162. The highest BCUT2D eigenvalue weighted by molar-refractivity contribution is 7.91. The van der Waals surface area contributed by atoms with E-state index in [2.05, 4.69) is 0 Å². The van der Waals surface area contributed by atoms with Crippen LogP contribution in [-0.4, -0.2) is 34.7 Å². The lowest BCUT2D eigenvalue weighted by Crippen LogP contribution is -2.25. The SMILES string of the molecule is C[S+]([O-])c1cccc([S+](C)[O-])c1C(CN)CN. The highest BCUT2D eigenvalue weighted by Gasteiger charge is 2.26. The lowest BCUT2D eigenvalue weighted by atomic mass is 9.99. The molecule has 0 aliphatic rings. The summed E-state index contributed by atoms with van der Waals surface area (Å²) in [4.78, 5) is 1.36. The first-order chi connectivity index (χ1) is 8.02. The molecule has 4 N–H and O–H groups in total. The van der Waals surface area contributed by atoms with Gasteiger partial charge < -0.3 is 20.6 Å². The molecule has 0 aromatic heterocycles. The third-order valence-corrected chi connectivity index (χ3v) is 4.57. The van der Waals surface area contributed by atoms with Gasteiger partial charge in [-0.05, 0) is 34.5 Å². The van der Waals surface area contributed by atoms with Crippen LogP contribution in [0.3, 0.4) is 0 Å². The van der Waals surface area contributed by atoms with Crippen molar-refractivity contribution in [3.8, 4) is 0 Å². The van der Waals surface area contributed by atoms with Crippen LogP contribution in [0.4, 0.5) is 0 Å². The maximum Gasteiger partial charge on any atom is 0.161 e. The summed E-state index contributed by atoms with van der Waals surface area (Å²) >= 11 is -2.27. The van der Waals surface area contributed by atoms with E-state index in [1.54, 1.807) is 30.7 Å². The van der Waals surface area contributed by atoms with Gasteiger partial charge in [-0.1, -0.05) is 6.07 Å². The van der Waals surface area contributed by atoms with E-state index in [1.165, 1.54) is 0 Å². The van der Waals surface area contributed by atoms with Crippen molar-refractivity contribution in [1.29, 1.82) is 0 Å². The van der Waals surface area contributed by atoms with Crippen molar-refractivity contribution in [3.63, 3.8) is 0 Å². The fourth-order valence-corrected chi connectivity index (χ4v) is 3.54. The van der Waals surface area contributed by atoms with E-state index in [0.717, 1.165) is 5.56 Å². The van der Waals surface area contributed by atoms with Gasteiger partial charge in [0.15, 0.2) is 9.79 Å². The summed E-state index contributed by atoms with van der Waals surface area (Å²) in [5.74, 6) is -0.103. The van der Waals surface area contributed by atoms with Gasteiger partial charge in [0.1, 0.15) is 12.5 Å². The molecule has 0 saturated heterocycles. The van der Waals surface area contributed by atoms with Crippen LogP contribution in [0.15, 0.2) is 28.0 Å². The van der Waals surface area contributed by atoms with Crippen LogP contribution in [0.5, 0.6) is 0 Å². The molecule has 0 radical (unpaired) electrons. The molecule has 0 spiro atoms. The van der Waals surface area contributed by atoms with Gasteiger partial charge in [-0.25, -0.2) is 0 Å². The molecule has 0 fully saturated rings. The van der Waals surface area contributed by atoms with Crippen LogP contribution in [0.25, 0.3) is 0 Å². The van der Waals surface area contributed by atoms with E-state index in [9.17, 15) is 9.11 Å². The van der Waals surface area contributed by atoms with Crippen molar-refractivity contribution in [1.82, 2.24) is 0 Å². The quantitative estimate of drug-likeness (QED) is 0.747. The Morgan fingerprint density at radius 1 is 1.06 bits per heavy atom. The minimum absolute atomic E-state index is 0.103. The predicted molar refractivity (Wildman–Crippen MR) is 72.0 cm³/mol. The topological polar surface area (TPSA) is 98.2 Å². The standard InChI is InChI=1S/C11H18N2O2S2/c1-16(14)9-4-3-5-10(17(2)15)11(9)8(6-12)7-13/h3-5,8H,6-7,12-13H2,1-2H3. The summed E-state index contributed by atoms with van der Waals surface area (Å²) in [6.45, 7) is 0.712. The van der Waals surface area contributed by atoms with Crippen LogP contribution in [0.2, 0.25) is 0 Å². The van der Waals surface area contributed by atoms with E-state index in [1.807, 2.05) is 0 Å². The van der Waals surface area contributed by atoms with Crippen molar-refractivity contribution >= 4 is 22.4 Å². The minimum Gasteiger partial charge on any atom is -0.612 e. The number of rotatable bonds is 5. The third kappa shape index (κ3) is 3.37. The van der Waals surface area contributed by atoms with Crippen LogP contribution >= 0.6 is 0 Å². The molecule has 1 aromatic carbocycles. The molecule has 0 aliphatic carbocycles. The summed E-state index contributed by atoms with van der Waals surface area (Å²) in [5, 5.41) is 0. The van der Waals surface area contributed by atoms with E-state index in [4.69, 9.17) is 11.5 Å². The maximum atomic E-state index is 11.7. The molecule has 0 aliphatic heterocycles. The van der Waals surface area contributed by atoms with Crippen molar-refractivity contribution in [2.75, 3.05) is 25.6 Å². The van der Waals surface area contributed by atoms with Crippen LogP contribution < -0.4 is 11.5 Å². The molecule has 96 valence electrons. The first-order valence-electron chi connectivity index (χ1n) is 5.22. The van der Waals surface area contributed by atoms with Gasteiger partial charge in [0.25, 0.3) is 0 Å². The summed E-state index contributed by atoms with van der Waals surface area (Å²) in [5.41, 5.74) is 12.1. The summed E-state index contributed by atoms with van der Waals surface area (Å²) in [7, 11) is 0. The second kappa shape index (κ2) is 6.63. The van der Waals surface area contributed by atoms with E-state index in [-0.39, 0.29) is 5.92 Å². The summed E-state index contributed by atoms with van der Waals surface area (Å²) in [6, 6.07) is 5.32. The minimum atomic E-state index is -1.14. The maximum absolute atomic E-state index is 11.7. The zero-order valence-electron chi connectivity index (χ0n) is 10.0. The van der Waals surface area contributed by atoms with E-state index < -0.39 is 22.4 Å². The molecule has 0 saturated carbocycles. The highest BCUT2D eigenvalue weighted by Crippen LogP contribution is 2.29. The molecule has 6 heteroatoms. The third-order valence-electron chi connectivity index (χ3n) is 2.62. The summed E-state index contributed by atoms with van der Waals surface area (Å²) in [6.07, 6.45) is 3.20. The molecule has 1 aromatic rings. The zero-order valence-corrected chi connectivity index (χ0v) is 11.6. The fourth-order valence-electron chi connectivity index (χ4n) is 1.76. The molecule has 17 heavy (non-hydrogen) atoms. The first kappa shape index (κ1) is 14.8. The molecule has 4 nitrogen and oxygen atoms in total. The van der Waals surface area contributed by atoms with Crippen molar-refractivity contribution in [3.05, 3.63) is 23.8 Å². The molecule has 0 amide bonds. The smallest absolute Gasteiger partial charge is 0.161 e. The van der Waals surface area contributed by atoms with E-state index in [0.29, 0.717) is 22.9 Å². The van der Waals surface area contributed by atoms with Gasteiger partial charge in [0, 0.05) is 19.0 Å². The fraction of sp³-hybridized carbons (Fsp3) is 0.455. The second-order valence-electron chi connectivity index (χ2n) is 3.74. The Balaban J connectivity index is 3.37. The number of benzene rings is 1. The normalized spacial score (nSPS) is 15.0. The molecule has 0 heterocycles. The molecule has 2 unspecified atom stereocenters. The first-order valence-corrected chi connectivity index (χ1v) is 8.34. The van der Waals surface area contributed by atoms with Gasteiger partial charge in [-0.15, -0.1) is 0 Å². The zero-order chi connectivity index (χ0) is 13.0. The lowest BCUT2D eigenvalue weighted by molar-refractivity contribution is 0.588. The van der Waals surface area contributed by atoms with Crippen LogP contribution in [0.1, 0.15) is 11.5 Å². The Bertz CT molecular complexity index is 342. The van der Waals surface area contributed by atoms with Crippen molar-refractivity contribution in [2.45, 2.75) is 15.7 Å². The molecular formula is C11H18N2O2S2. The van der Waals surface area contributed by atoms with Gasteiger partial charge in [-0.3, -0.25) is 0 Å². The molecule has 1 rings (SSSR count). The van der Waals surface area contributed by atoms with Gasteiger partial charge in [0.2, 0.25) is 0 Å². The van der Waals surface area contributed by atoms with Gasteiger partial charge >= 0.3 is 0 Å². The number of hydrogen-bond acceptors (Lipinski definition) is 4. The highest BCUT2D eigenvalue weighted by atomic mass is 32.2. The Morgan fingerprint density at radius 3 is 1.76 bits per heavy atom.